The monoisotopic (exact) mass is 338 g/mol. The Labute approximate surface area is 151 Å². The van der Waals surface area contributed by atoms with Gasteiger partial charge in [0.15, 0.2) is 0 Å². The number of imidazole rings is 1. The van der Waals surface area contributed by atoms with Gasteiger partial charge in [-0.05, 0) is 44.4 Å². The minimum Gasteiger partial charge on any atom is -0.300 e. The number of nitrogens with zero attached hydrogens (tertiary/aromatic N) is 4. The predicted octanol–water partition coefficient (Wildman–Crippen LogP) is 4.51. The van der Waals surface area contributed by atoms with Crippen molar-refractivity contribution >= 4 is 0 Å². The minimum absolute atomic E-state index is 0.396. The Balaban J connectivity index is 1.55. The van der Waals surface area contributed by atoms with Gasteiger partial charge >= 0.3 is 0 Å². The number of hydrogen-bond acceptors (Lipinski definition) is 3. The highest BCUT2D eigenvalue weighted by Crippen LogP contribution is 2.32. The van der Waals surface area contributed by atoms with E-state index in [1.165, 1.54) is 57.3 Å². The highest BCUT2D eigenvalue weighted by molar-refractivity contribution is 5.29. The quantitative estimate of drug-likeness (QED) is 0.822. The molecule has 3 heterocycles. The Morgan fingerprint density at radius 3 is 2.72 bits per heavy atom. The smallest absolute Gasteiger partial charge is 0.138 e. The molecular formula is C21H30N4. The van der Waals surface area contributed by atoms with Gasteiger partial charge < -0.3 is 0 Å². The Hall–Kier alpha value is -1.68. The number of piperidine rings is 1. The van der Waals surface area contributed by atoms with Crippen LogP contribution in [-0.2, 0) is 0 Å². The van der Waals surface area contributed by atoms with Crippen molar-refractivity contribution in [1.82, 2.24) is 19.4 Å². The number of pyridine rings is 1. The molecule has 0 bridgehead atoms. The van der Waals surface area contributed by atoms with E-state index < -0.39 is 0 Å². The average molecular weight is 338 g/mol. The summed E-state index contributed by atoms with van der Waals surface area (Å²) in [5.41, 5.74) is 1.25. The second-order valence-corrected chi connectivity index (χ2v) is 8.00. The van der Waals surface area contributed by atoms with Gasteiger partial charge in [0, 0.05) is 42.5 Å². The first-order valence-corrected chi connectivity index (χ1v) is 9.97. The lowest BCUT2D eigenvalue weighted by molar-refractivity contribution is 0.149. The topological polar surface area (TPSA) is 34.0 Å². The van der Waals surface area contributed by atoms with Gasteiger partial charge in [-0.1, -0.05) is 32.8 Å². The molecule has 25 heavy (non-hydrogen) atoms. The van der Waals surface area contributed by atoms with E-state index in [0.29, 0.717) is 11.8 Å². The highest BCUT2D eigenvalue weighted by atomic mass is 15.2. The Morgan fingerprint density at radius 2 is 1.92 bits per heavy atom. The summed E-state index contributed by atoms with van der Waals surface area (Å²) in [5, 5.41) is 0. The molecule has 0 aromatic carbocycles. The molecular weight excluding hydrogens is 308 g/mol. The van der Waals surface area contributed by atoms with Crippen LogP contribution >= 0.6 is 0 Å². The summed E-state index contributed by atoms with van der Waals surface area (Å²) in [4.78, 5) is 12.3. The van der Waals surface area contributed by atoms with Crippen molar-refractivity contribution < 1.29 is 0 Å². The average Bonchev–Trinajstić information content (AvgIpc) is 3.34. The van der Waals surface area contributed by atoms with Gasteiger partial charge in [0.25, 0.3) is 0 Å². The summed E-state index contributed by atoms with van der Waals surface area (Å²) in [6.07, 6.45) is 12.1. The molecule has 4 rings (SSSR count). The molecule has 0 spiro atoms. The van der Waals surface area contributed by atoms with E-state index in [9.17, 15) is 0 Å². The van der Waals surface area contributed by atoms with Gasteiger partial charge in [0.1, 0.15) is 11.6 Å². The van der Waals surface area contributed by atoms with Crippen LogP contribution in [0.2, 0.25) is 0 Å². The molecule has 1 aliphatic carbocycles. The maximum absolute atomic E-state index is 5.04. The molecule has 2 aliphatic rings. The van der Waals surface area contributed by atoms with Crippen molar-refractivity contribution in [3.63, 3.8) is 0 Å². The van der Waals surface area contributed by atoms with Crippen LogP contribution < -0.4 is 0 Å². The second-order valence-electron chi connectivity index (χ2n) is 8.00. The van der Waals surface area contributed by atoms with Crippen molar-refractivity contribution in [2.24, 2.45) is 0 Å². The summed E-state index contributed by atoms with van der Waals surface area (Å²) < 4.78 is 2.14. The molecule has 1 aliphatic heterocycles. The molecule has 1 saturated carbocycles. The SMILES string of the molecule is CC(C)c1nccn1-c1cccc(C2CCCN(C3CCCC3)C2)n1. The molecule has 1 saturated heterocycles. The first-order valence-electron chi connectivity index (χ1n) is 9.97. The molecule has 0 radical (unpaired) electrons. The van der Waals surface area contributed by atoms with Crippen molar-refractivity contribution in [2.45, 2.75) is 70.3 Å². The van der Waals surface area contributed by atoms with Gasteiger partial charge in [-0.3, -0.25) is 9.47 Å². The number of aromatic nitrogens is 3. The van der Waals surface area contributed by atoms with Crippen LogP contribution in [0.3, 0.4) is 0 Å². The van der Waals surface area contributed by atoms with E-state index in [2.05, 4.69) is 46.5 Å². The van der Waals surface area contributed by atoms with Crippen LogP contribution in [0.25, 0.3) is 5.82 Å². The molecule has 0 N–H and O–H groups in total. The summed E-state index contributed by atoms with van der Waals surface area (Å²) >= 11 is 0. The predicted molar refractivity (Wildman–Crippen MR) is 101 cm³/mol. The van der Waals surface area contributed by atoms with E-state index in [0.717, 1.165) is 17.7 Å². The number of rotatable bonds is 4. The van der Waals surface area contributed by atoms with Crippen LogP contribution in [0.5, 0.6) is 0 Å². The second kappa shape index (κ2) is 7.28. The van der Waals surface area contributed by atoms with Crippen molar-refractivity contribution in [2.75, 3.05) is 13.1 Å². The lowest BCUT2D eigenvalue weighted by atomic mass is 9.93. The first kappa shape index (κ1) is 16.8. The van der Waals surface area contributed by atoms with Gasteiger partial charge in [-0.2, -0.15) is 0 Å². The lowest BCUT2D eigenvalue weighted by Crippen LogP contribution is -2.40. The van der Waals surface area contributed by atoms with Crippen molar-refractivity contribution in [1.29, 1.82) is 0 Å². The van der Waals surface area contributed by atoms with Gasteiger partial charge in [0.05, 0.1) is 0 Å². The summed E-state index contributed by atoms with van der Waals surface area (Å²) in [6.45, 7) is 6.83. The van der Waals surface area contributed by atoms with Crippen LogP contribution in [0, 0.1) is 0 Å². The third-order valence-corrected chi connectivity index (χ3v) is 5.90. The molecule has 2 fully saturated rings. The molecule has 4 nitrogen and oxygen atoms in total. The summed E-state index contributed by atoms with van der Waals surface area (Å²) in [5.74, 6) is 3.06. The first-order chi connectivity index (χ1) is 12.2. The maximum atomic E-state index is 5.04. The Morgan fingerprint density at radius 1 is 1.08 bits per heavy atom. The molecule has 2 aromatic rings. The fourth-order valence-electron chi connectivity index (χ4n) is 4.59. The lowest BCUT2D eigenvalue weighted by Gasteiger charge is -2.36. The van der Waals surface area contributed by atoms with E-state index in [4.69, 9.17) is 4.98 Å². The standard InChI is InChI=1S/C21H30N4/c1-16(2)21-22-12-14-25(21)20-11-5-10-19(23-20)17-7-6-13-24(15-17)18-8-3-4-9-18/h5,10-12,14,16-18H,3-4,6-9,13,15H2,1-2H3. The molecule has 2 aromatic heterocycles. The van der Waals surface area contributed by atoms with Gasteiger partial charge in [0.2, 0.25) is 0 Å². The van der Waals surface area contributed by atoms with Crippen LogP contribution in [0.15, 0.2) is 30.6 Å². The van der Waals surface area contributed by atoms with Crippen molar-refractivity contribution in [3.8, 4) is 5.82 Å². The van der Waals surface area contributed by atoms with Gasteiger partial charge in [-0.25, -0.2) is 9.97 Å². The third kappa shape index (κ3) is 3.50. The molecule has 134 valence electrons. The zero-order valence-corrected chi connectivity index (χ0v) is 15.6. The maximum Gasteiger partial charge on any atom is 0.138 e. The van der Waals surface area contributed by atoms with E-state index in [1.807, 2.05) is 12.4 Å². The molecule has 1 unspecified atom stereocenters. The Bertz CT molecular complexity index is 699. The zero-order chi connectivity index (χ0) is 17.2. The van der Waals surface area contributed by atoms with Crippen LogP contribution in [0.1, 0.15) is 75.7 Å². The molecule has 4 heteroatoms. The molecule has 0 amide bonds. The van der Waals surface area contributed by atoms with E-state index in [1.54, 1.807) is 0 Å². The van der Waals surface area contributed by atoms with Gasteiger partial charge in [-0.15, -0.1) is 0 Å². The van der Waals surface area contributed by atoms with Crippen molar-refractivity contribution in [3.05, 3.63) is 42.1 Å². The largest absolute Gasteiger partial charge is 0.300 e. The Kier molecular flexibility index (Phi) is 4.89. The highest BCUT2D eigenvalue weighted by Gasteiger charge is 2.29. The third-order valence-electron chi connectivity index (χ3n) is 5.90. The summed E-state index contributed by atoms with van der Waals surface area (Å²) in [6, 6.07) is 7.32. The molecule has 1 atom stereocenters. The zero-order valence-electron chi connectivity index (χ0n) is 15.6. The van der Waals surface area contributed by atoms with Crippen LogP contribution in [-0.4, -0.2) is 38.6 Å². The summed E-state index contributed by atoms with van der Waals surface area (Å²) in [7, 11) is 0. The normalized spacial score (nSPS) is 22.8. The number of hydrogen-bond donors (Lipinski definition) is 0. The van der Waals surface area contributed by atoms with E-state index in [-0.39, 0.29) is 0 Å². The minimum atomic E-state index is 0.396. The number of likely N-dealkylation sites (tertiary alicyclic amines) is 1. The fourth-order valence-corrected chi connectivity index (χ4v) is 4.59. The van der Waals surface area contributed by atoms with E-state index >= 15 is 0 Å². The van der Waals surface area contributed by atoms with Crippen LogP contribution in [0.4, 0.5) is 0 Å². The fraction of sp³-hybridized carbons (Fsp3) is 0.619.